The first-order chi connectivity index (χ1) is 8.67. The van der Waals surface area contributed by atoms with Crippen LogP contribution in [0.25, 0.3) is 0 Å². The molecule has 0 aliphatic rings. The van der Waals surface area contributed by atoms with Crippen LogP contribution in [0.2, 0.25) is 0 Å². The molecule has 2 N–H and O–H groups in total. The van der Waals surface area contributed by atoms with Crippen molar-refractivity contribution in [3.05, 3.63) is 23.8 Å². The highest BCUT2D eigenvalue weighted by molar-refractivity contribution is 5.47. The molecule has 0 spiro atoms. The molecule has 98 valence electrons. The van der Waals surface area contributed by atoms with Crippen LogP contribution in [-0.4, -0.2) is 23.4 Å². The Kier molecular flexibility index (Phi) is 6.10. The summed E-state index contributed by atoms with van der Waals surface area (Å²) < 4.78 is 4.99. The van der Waals surface area contributed by atoms with Crippen LogP contribution in [-0.2, 0) is 0 Å². The summed E-state index contributed by atoms with van der Waals surface area (Å²) >= 11 is 0. The molecule has 0 saturated heterocycles. The minimum absolute atomic E-state index is 0.0894. The monoisotopic (exact) mass is 248 g/mol. The molecule has 0 heterocycles. The third-order valence-electron chi connectivity index (χ3n) is 2.64. The van der Waals surface area contributed by atoms with Crippen LogP contribution in [0.15, 0.2) is 18.2 Å². The fraction of sp³-hybridized carbons (Fsp3) is 0.467. The largest absolute Gasteiger partial charge is 0.504 e. The van der Waals surface area contributed by atoms with Crippen LogP contribution in [0.4, 0.5) is 0 Å². The molecule has 18 heavy (non-hydrogen) atoms. The molecule has 0 fully saturated rings. The Hall–Kier alpha value is -1.66. The predicted molar refractivity (Wildman–Crippen MR) is 71.7 cm³/mol. The second kappa shape index (κ2) is 7.62. The van der Waals surface area contributed by atoms with E-state index in [-0.39, 0.29) is 5.75 Å². The molecule has 3 nitrogen and oxygen atoms in total. The number of hydrogen-bond acceptors (Lipinski definition) is 3. The number of methoxy groups -OCH3 is 1. The van der Waals surface area contributed by atoms with Crippen molar-refractivity contribution in [3.8, 4) is 23.3 Å². The van der Waals surface area contributed by atoms with Crippen molar-refractivity contribution in [1.29, 1.82) is 0 Å². The first-order valence-corrected chi connectivity index (χ1v) is 6.24. The highest BCUT2D eigenvalue weighted by Gasteiger charge is 2.01. The Morgan fingerprint density at radius 2 is 2.11 bits per heavy atom. The molecule has 0 aromatic heterocycles. The van der Waals surface area contributed by atoms with E-state index >= 15 is 0 Å². The van der Waals surface area contributed by atoms with Crippen LogP contribution < -0.4 is 4.74 Å². The van der Waals surface area contributed by atoms with Crippen molar-refractivity contribution in [2.45, 2.75) is 38.7 Å². The number of aliphatic hydroxyl groups is 1. The van der Waals surface area contributed by atoms with Gasteiger partial charge in [0.15, 0.2) is 11.5 Å². The Morgan fingerprint density at radius 3 is 2.78 bits per heavy atom. The molecule has 0 saturated carbocycles. The summed E-state index contributed by atoms with van der Waals surface area (Å²) in [7, 11) is 1.49. The minimum Gasteiger partial charge on any atom is -0.504 e. The van der Waals surface area contributed by atoms with E-state index in [0.29, 0.717) is 12.2 Å². The Balaban J connectivity index is 2.61. The number of unbranched alkanes of at least 4 members (excludes halogenated alkanes) is 2. The Bertz CT molecular complexity index is 429. The molecule has 0 unspecified atom stereocenters. The summed E-state index contributed by atoms with van der Waals surface area (Å²) in [6.07, 6.45) is 3.36. The molecule has 1 aromatic rings. The lowest BCUT2D eigenvalue weighted by Gasteiger charge is -2.03. The van der Waals surface area contributed by atoms with Crippen molar-refractivity contribution in [1.82, 2.24) is 0 Å². The number of aromatic hydroxyl groups is 1. The summed E-state index contributed by atoms with van der Waals surface area (Å²) in [4.78, 5) is 0. The van der Waals surface area contributed by atoms with Crippen LogP contribution in [0.5, 0.6) is 11.5 Å². The first kappa shape index (κ1) is 14.4. The van der Waals surface area contributed by atoms with E-state index in [1.165, 1.54) is 13.2 Å². The van der Waals surface area contributed by atoms with Gasteiger partial charge in [0.05, 0.1) is 7.11 Å². The highest BCUT2D eigenvalue weighted by atomic mass is 16.5. The van der Waals surface area contributed by atoms with E-state index in [9.17, 15) is 10.2 Å². The molecule has 3 heteroatoms. The predicted octanol–water partition coefficient (Wildman–Crippen LogP) is 2.69. The fourth-order valence-electron chi connectivity index (χ4n) is 1.58. The molecule has 1 atom stereocenters. The number of hydrogen-bond donors (Lipinski definition) is 2. The Morgan fingerprint density at radius 1 is 1.33 bits per heavy atom. The molecule has 0 amide bonds. The average molecular weight is 248 g/mol. The third-order valence-corrected chi connectivity index (χ3v) is 2.64. The highest BCUT2D eigenvalue weighted by Crippen LogP contribution is 2.25. The topological polar surface area (TPSA) is 49.7 Å². The van der Waals surface area contributed by atoms with Crippen LogP contribution >= 0.6 is 0 Å². The summed E-state index contributed by atoms with van der Waals surface area (Å²) in [6, 6.07) is 4.89. The second-order valence-electron chi connectivity index (χ2n) is 4.17. The number of phenols is 1. The van der Waals surface area contributed by atoms with Gasteiger partial charge in [0.1, 0.15) is 6.10 Å². The van der Waals surface area contributed by atoms with Gasteiger partial charge >= 0.3 is 0 Å². The zero-order chi connectivity index (χ0) is 13.4. The van der Waals surface area contributed by atoms with Gasteiger partial charge in [0.25, 0.3) is 0 Å². The molecule has 0 aliphatic heterocycles. The van der Waals surface area contributed by atoms with Gasteiger partial charge in [-0.2, -0.15) is 0 Å². The number of rotatable bonds is 5. The van der Waals surface area contributed by atoms with Gasteiger partial charge in [0, 0.05) is 5.56 Å². The van der Waals surface area contributed by atoms with Gasteiger partial charge in [0.2, 0.25) is 0 Å². The zero-order valence-electron chi connectivity index (χ0n) is 10.9. The molecule has 0 radical (unpaired) electrons. The third kappa shape index (κ3) is 4.68. The van der Waals surface area contributed by atoms with Crippen LogP contribution in [0.1, 0.15) is 38.2 Å². The van der Waals surface area contributed by atoms with Crippen molar-refractivity contribution in [3.63, 3.8) is 0 Å². The fourth-order valence-corrected chi connectivity index (χ4v) is 1.58. The summed E-state index contributed by atoms with van der Waals surface area (Å²) in [5.41, 5.74) is 0.721. The van der Waals surface area contributed by atoms with E-state index in [1.54, 1.807) is 12.1 Å². The van der Waals surface area contributed by atoms with E-state index in [0.717, 1.165) is 24.8 Å². The standard InChI is InChI=1S/C15H20O3/c1-3-4-5-6-13(16)9-7-12-8-10-14(17)15(11-12)18-2/h8,10-11,13,16-17H,3-6H2,1-2H3/t13-/m0/s1. The van der Waals surface area contributed by atoms with Gasteiger partial charge in [-0.25, -0.2) is 0 Å². The van der Waals surface area contributed by atoms with Gasteiger partial charge in [-0.3, -0.25) is 0 Å². The van der Waals surface area contributed by atoms with Gasteiger partial charge in [-0.1, -0.05) is 31.6 Å². The normalized spacial score (nSPS) is 11.5. The molecule has 0 bridgehead atoms. The maximum atomic E-state index is 9.66. The lowest BCUT2D eigenvalue weighted by atomic mass is 10.1. The minimum atomic E-state index is -0.587. The first-order valence-electron chi connectivity index (χ1n) is 6.24. The molecule has 1 rings (SSSR count). The maximum absolute atomic E-state index is 9.66. The second-order valence-corrected chi connectivity index (χ2v) is 4.17. The van der Waals surface area contributed by atoms with Crippen LogP contribution in [0.3, 0.4) is 0 Å². The smallest absolute Gasteiger partial charge is 0.161 e. The van der Waals surface area contributed by atoms with Crippen molar-refractivity contribution in [2.75, 3.05) is 7.11 Å². The number of aliphatic hydroxyl groups excluding tert-OH is 1. The van der Waals surface area contributed by atoms with Crippen LogP contribution in [0, 0.1) is 11.8 Å². The van der Waals surface area contributed by atoms with Crippen molar-refractivity contribution < 1.29 is 14.9 Å². The number of phenolic OH excluding ortho intramolecular Hbond substituents is 1. The van der Waals surface area contributed by atoms with Crippen molar-refractivity contribution >= 4 is 0 Å². The van der Waals surface area contributed by atoms with Gasteiger partial charge < -0.3 is 14.9 Å². The lowest BCUT2D eigenvalue weighted by molar-refractivity contribution is 0.217. The summed E-state index contributed by atoms with van der Waals surface area (Å²) in [5.74, 6) is 6.16. The summed E-state index contributed by atoms with van der Waals surface area (Å²) in [5, 5.41) is 19.1. The van der Waals surface area contributed by atoms with E-state index in [1.807, 2.05) is 0 Å². The van der Waals surface area contributed by atoms with Gasteiger partial charge in [-0.05, 0) is 31.0 Å². The quantitative estimate of drug-likeness (QED) is 0.622. The number of ether oxygens (including phenoxy) is 1. The average Bonchev–Trinajstić information content (AvgIpc) is 2.38. The SMILES string of the molecule is CCCCC[C@H](O)C#Cc1ccc(O)c(OC)c1. The number of benzene rings is 1. The molecule has 1 aromatic carbocycles. The maximum Gasteiger partial charge on any atom is 0.161 e. The molecule has 0 aliphatic carbocycles. The van der Waals surface area contributed by atoms with Gasteiger partial charge in [-0.15, -0.1) is 0 Å². The Labute approximate surface area is 108 Å². The lowest BCUT2D eigenvalue weighted by Crippen LogP contribution is -2.02. The molecular formula is C15H20O3. The van der Waals surface area contributed by atoms with E-state index < -0.39 is 6.10 Å². The molecular weight excluding hydrogens is 228 g/mol. The van der Waals surface area contributed by atoms with E-state index in [4.69, 9.17) is 4.74 Å². The zero-order valence-corrected chi connectivity index (χ0v) is 10.9. The van der Waals surface area contributed by atoms with Crippen molar-refractivity contribution in [2.24, 2.45) is 0 Å². The summed E-state index contributed by atoms with van der Waals surface area (Å²) in [6.45, 7) is 2.13. The van der Waals surface area contributed by atoms with E-state index in [2.05, 4.69) is 18.8 Å².